The quantitative estimate of drug-likeness (QED) is 0.705. The van der Waals surface area contributed by atoms with Gasteiger partial charge in [0.15, 0.2) is 0 Å². The van der Waals surface area contributed by atoms with E-state index in [0.29, 0.717) is 6.04 Å². The molecule has 0 N–H and O–H groups in total. The Morgan fingerprint density at radius 2 is 1.73 bits per heavy atom. The van der Waals surface area contributed by atoms with Crippen molar-refractivity contribution >= 4 is 5.91 Å². The topological polar surface area (TPSA) is 29.5 Å². The maximum atomic E-state index is 11.7. The molecule has 0 aliphatic rings. The van der Waals surface area contributed by atoms with Crippen molar-refractivity contribution in [2.24, 2.45) is 0 Å². The van der Waals surface area contributed by atoms with Crippen LogP contribution in [0.4, 0.5) is 0 Å². The van der Waals surface area contributed by atoms with Gasteiger partial charge in [0, 0.05) is 13.1 Å². The fourth-order valence-electron chi connectivity index (χ4n) is 1.42. The van der Waals surface area contributed by atoms with E-state index >= 15 is 0 Å². The highest BCUT2D eigenvalue weighted by Crippen LogP contribution is 2.09. The lowest BCUT2D eigenvalue weighted by Gasteiger charge is -2.28. The van der Waals surface area contributed by atoms with Crippen molar-refractivity contribution < 1.29 is 9.53 Å². The van der Waals surface area contributed by atoms with Gasteiger partial charge in [0.2, 0.25) is 5.91 Å². The molecule has 1 amide bonds. The molecule has 3 nitrogen and oxygen atoms in total. The van der Waals surface area contributed by atoms with Gasteiger partial charge in [-0.2, -0.15) is 0 Å². The first kappa shape index (κ1) is 14.4. The molecule has 0 heterocycles. The highest BCUT2D eigenvalue weighted by molar-refractivity contribution is 5.77. The van der Waals surface area contributed by atoms with Crippen LogP contribution in [0.1, 0.15) is 47.5 Å². The Morgan fingerprint density at radius 1 is 1.27 bits per heavy atom. The molecule has 0 saturated carbocycles. The highest BCUT2D eigenvalue weighted by atomic mass is 16.5. The Hall–Kier alpha value is -0.570. The van der Waals surface area contributed by atoms with Gasteiger partial charge in [-0.15, -0.1) is 0 Å². The third-order valence-corrected chi connectivity index (χ3v) is 2.51. The molecule has 3 heteroatoms. The number of hydrogen-bond donors (Lipinski definition) is 0. The standard InChI is InChI=1S/C12H25NO2/c1-7-10(8-2)13(6)11(14)9-15-12(3,4)5/h10H,7-9H2,1-6H3. The van der Waals surface area contributed by atoms with Gasteiger partial charge in [0.25, 0.3) is 0 Å². The van der Waals surface area contributed by atoms with Crippen LogP contribution in [0.3, 0.4) is 0 Å². The third-order valence-electron chi connectivity index (χ3n) is 2.51. The number of ether oxygens (including phenoxy) is 1. The molecule has 0 spiro atoms. The molecule has 0 atom stereocenters. The lowest BCUT2D eigenvalue weighted by atomic mass is 10.1. The molecule has 0 saturated heterocycles. The Balaban J connectivity index is 4.09. The third kappa shape index (κ3) is 5.78. The highest BCUT2D eigenvalue weighted by Gasteiger charge is 2.19. The smallest absolute Gasteiger partial charge is 0.248 e. The van der Waals surface area contributed by atoms with Crippen LogP contribution in [-0.4, -0.2) is 36.1 Å². The summed E-state index contributed by atoms with van der Waals surface area (Å²) in [6, 6.07) is 0.334. The summed E-state index contributed by atoms with van der Waals surface area (Å²) in [6.07, 6.45) is 1.99. The van der Waals surface area contributed by atoms with E-state index in [1.165, 1.54) is 0 Å². The second kappa shape index (κ2) is 6.11. The molecule has 0 aromatic rings. The SMILES string of the molecule is CCC(CC)N(C)C(=O)COC(C)(C)C. The van der Waals surface area contributed by atoms with Crippen molar-refractivity contribution in [1.29, 1.82) is 0 Å². The first-order valence-corrected chi connectivity index (χ1v) is 5.71. The summed E-state index contributed by atoms with van der Waals surface area (Å²) in [6.45, 7) is 10.2. The maximum Gasteiger partial charge on any atom is 0.248 e. The van der Waals surface area contributed by atoms with Crippen LogP contribution in [0.2, 0.25) is 0 Å². The number of amides is 1. The van der Waals surface area contributed by atoms with Crippen molar-refractivity contribution in [1.82, 2.24) is 4.90 Å². The van der Waals surface area contributed by atoms with Gasteiger partial charge < -0.3 is 9.64 Å². The van der Waals surface area contributed by atoms with Crippen molar-refractivity contribution in [2.45, 2.75) is 59.1 Å². The molecule has 0 rings (SSSR count). The minimum Gasteiger partial charge on any atom is -0.366 e. The number of rotatable bonds is 5. The monoisotopic (exact) mass is 215 g/mol. The number of carbonyl (C=O) groups excluding carboxylic acids is 1. The van der Waals surface area contributed by atoms with E-state index in [1.807, 2.05) is 27.8 Å². The lowest BCUT2D eigenvalue weighted by molar-refractivity contribution is -0.141. The number of nitrogens with zero attached hydrogens (tertiary/aromatic N) is 1. The number of hydrogen-bond acceptors (Lipinski definition) is 2. The second-order valence-corrected chi connectivity index (χ2v) is 4.88. The summed E-state index contributed by atoms with van der Waals surface area (Å²) >= 11 is 0. The molecule has 0 radical (unpaired) electrons. The zero-order chi connectivity index (χ0) is 12.1. The van der Waals surface area contributed by atoms with E-state index in [-0.39, 0.29) is 18.1 Å². The van der Waals surface area contributed by atoms with Crippen LogP contribution in [0.15, 0.2) is 0 Å². The number of likely N-dealkylation sites (N-methyl/N-ethyl adjacent to an activating group) is 1. The summed E-state index contributed by atoms with van der Waals surface area (Å²) in [7, 11) is 1.85. The summed E-state index contributed by atoms with van der Waals surface area (Å²) in [5.41, 5.74) is -0.246. The van der Waals surface area contributed by atoms with Crippen LogP contribution in [0, 0.1) is 0 Å². The van der Waals surface area contributed by atoms with Gasteiger partial charge >= 0.3 is 0 Å². The first-order chi connectivity index (χ1) is 6.81. The second-order valence-electron chi connectivity index (χ2n) is 4.88. The molecule has 0 unspecified atom stereocenters. The van der Waals surface area contributed by atoms with Crippen LogP contribution in [0.5, 0.6) is 0 Å². The molecule has 0 bridgehead atoms. The Bertz CT molecular complexity index is 192. The Morgan fingerprint density at radius 3 is 2.07 bits per heavy atom. The number of carbonyl (C=O) groups is 1. The average molecular weight is 215 g/mol. The average Bonchev–Trinajstić information content (AvgIpc) is 2.14. The van der Waals surface area contributed by atoms with Gasteiger partial charge in [-0.1, -0.05) is 13.8 Å². The fourth-order valence-corrected chi connectivity index (χ4v) is 1.42. The van der Waals surface area contributed by atoms with E-state index in [0.717, 1.165) is 12.8 Å². The van der Waals surface area contributed by atoms with Crippen molar-refractivity contribution in [3.63, 3.8) is 0 Å². The first-order valence-electron chi connectivity index (χ1n) is 5.71. The normalized spacial score (nSPS) is 11.9. The van der Waals surface area contributed by atoms with Gasteiger partial charge in [0.05, 0.1) is 5.60 Å². The fraction of sp³-hybridized carbons (Fsp3) is 0.917. The Labute approximate surface area is 93.8 Å². The predicted octanol–water partition coefficient (Wildman–Crippen LogP) is 2.45. The maximum absolute atomic E-state index is 11.7. The van der Waals surface area contributed by atoms with E-state index in [2.05, 4.69) is 13.8 Å². The predicted molar refractivity (Wildman–Crippen MR) is 62.8 cm³/mol. The van der Waals surface area contributed by atoms with Gasteiger partial charge in [0.1, 0.15) is 6.61 Å². The minimum absolute atomic E-state index is 0.0682. The van der Waals surface area contributed by atoms with Crippen molar-refractivity contribution in [3.05, 3.63) is 0 Å². The van der Waals surface area contributed by atoms with Crippen LogP contribution in [0.25, 0.3) is 0 Å². The van der Waals surface area contributed by atoms with Gasteiger partial charge in [-0.3, -0.25) is 4.79 Å². The van der Waals surface area contributed by atoms with Gasteiger partial charge in [-0.05, 0) is 33.6 Å². The summed E-state index contributed by atoms with van der Waals surface area (Å²) in [5, 5.41) is 0. The van der Waals surface area contributed by atoms with E-state index in [9.17, 15) is 4.79 Å². The molecule has 0 aromatic heterocycles. The van der Waals surface area contributed by atoms with E-state index < -0.39 is 0 Å². The molecule has 0 aliphatic carbocycles. The Kier molecular flexibility index (Phi) is 5.88. The molecule has 0 aliphatic heterocycles. The van der Waals surface area contributed by atoms with Crippen LogP contribution < -0.4 is 0 Å². The molecule has 90 valence electrons. The largest absolute Gasteiger partial charge is 0.366 e. The zero-order valence-electron chi connectivity index (χ0n) is 11.0. The minimum atomic E-state index is -0.246. The van der Waals surface area contributed by atoms with E-state index in [1.54, 1.807) is 4.90 Å². The molecular formula is C12H25NO2. The summed E-state index contributed by atoms with van der Waals surface area (Å²) in [5.74, 6) is 0.0682. The van der Waals surface area contributed by atoms with Crippen molar-refractivity contribution in [2.75, 3.05) is 13.7 Å². The van der Waals surface area contributed by atoms with Crippen molar-refractivity contribution in [3.8, 4) is 0 Å². The van der Waals surface area contributed by atoms with Gasteiger partial charge in [-0.25, -0.2) is 0 Å². The van der Waals surface area contributed by atoms with E-state index in [4.69, 9.17) is 4.74 Å². The molecule has 0 fully saturated rings. The van der Waals surface area contributed by atoms with Crippen LogP contribution >= 0.6 is 0 Å². The van der Waals surface area contributed by atoms with Crippen LogP contribution in [-0.2, 0) is 9.53 Å². The summed E-state index contributed by atoms with van der Waals surface area (Å²) in [4.78, 5) is 13.5. The molecule has 15 heavy (non-hydrogen) atoms. The zero-order valence-corrected chi connectivity index (χ0v) is 11.0. The summed E-state index contributed by atoms with van der Waals surface area (Å²) < 4.78 is 5.46. The molecular weight excluding hydrogens is 190 g/mol. The lowest BCUT2D eigenvalue weighted by Crippen LogP contribution is -2.40. The molecule has 0 aromatic carbocycles.